The number of nitrogens with one attached hydrogen (secondary N) is 2. The molecule has 0 bridgehead atoms. The minimum Gasteiger partial charge on any atom is -0.365 e. The summed E-state index contributed by atoms with van der Waals surface area (Å²) in [5.41, 5.74) is 0.999. The number of hydrogen-bond acceptors (Lipinski definition) is 4. The minimum atomic E-state index is -0.540. The fraction of sp³-hybridized carbons (Fsp3) is 0.318. The van der Waals surface area contributed by atoms with Crippen molar-refractivity contribution < 1.29 is 8.78 Å². The van der Waals surface area contributed by atoms with Crippen molar-refractivity contribution in [2.24, 2.45) is 4.99 Å². The highest BCUT2D eigenvalue weighted by atomic mass is 127. The van der Waals surface area contributed by atoms with Gasteiger partial charge < -0.3 is 15.5 Å². The first-order chi connectivity index (χ1) is 15.2. The van der Waals surface area contributed by atoms with Gasteiger partial charge in [0.1, 0.15) is 30.2 Å². The number of hydrogen-bond donors (Lipinski definition) is 2. The highest BCUT2D eigenvalue weighted by molar-refractivity contribution is 14.0. The summed E-state index contributed by atoms with van der Waals surface area (Å²) in [7, 11) is 0. The molecule has 2 N–H and O–H groups in total. The molecule has 170 valence electrons. The van der Waals surface area contributed by atoms with Crippen LogP contribution in [0.15, 0.2) is 59.9 Å². The quantitative estimate of drug-likeness (QED) is 0.278. The topological polar surface area (TPSA) is 70.4 Å². The Balaban J connectivity index is 0.00000289. The highest BCUT2D eigenvalue weighted by Gasteiger charge is 2.27. The van der Waals surface area contributed by atoms with Gasteiger partial charge >= 0.3 is 0 Å². The van der Waals surface area contributed by atoms with E-state index in [0.29, 0.717) is 38.0 Å². The van der Waals surface area contributed by atoms with E-state index >= 15 is 0 Å². The molecule has 7 nitrogen and oxygen atoms in total. The van der Waals surface area contributed by atoms with Gasteiger partial charge in [-0.1, -0.05) is 24.3 Å². The zero-order chi connectivity index (χ0) is 21.6. The third kappa shape index (κ3) is 5.53. The maximum absolute atomic E-state index is 14.1. The zero-order valence-corrected chi connectivity index (χ0v) is 20.0. The van der Waals surface area contributed by atoms with E-state index in [9.17, 15) is 8.78 Å². The average molecular weight is 553 g/mol. The van der Waals surface area contributed by atoms with Crippen molar-refractivity contribution in [1.29, 1.82) is 0 Å². The van der Waals surface area contributed by atoms with Gasteiger partial charge in [0.25, 0.3) is 0 Å². The maximum Gasteiger partial charge on any atom is 0.191 e. The summed E-state index contributed by atoms with van der Waals surface area (Å²) in [5.74, 6) is 0.263. The molecule has 10 heteroatoms. The van der Waals surface area contributed by atoms with Crippen LogP contribution in [-0.4, -0.2) is 46.4 Å². The third-order valence-corrected chi connectivity index (χ3v) is 5.16. The largest absolute Gasteiger partial charge is 0.365 e. The second kappa shape index (κ2) is 11.2. The number of para-hydroxylation sites is 2. The van der Waals surface area contributed by atoms with Gasteiger partial charge in [0.15, 0.2) is 11.8 Å². The molecule has 32 heavy (non-hydrogen) atoms. The minimum absolute atomic E-state index is 0. The standard InChI is InChI=1S/C22H25F2N7.HI/c1-2-25-22(26-13-20-29-27-15-31(20)17-7-4-3-5-8-17)28-16-11-12-30(14-16)21-18(23)9-6-10-19(21)24;/h3-10,15-16H,2,11-14H2,1H3,(H2,25,26,28);1H. The molecule has 1 aliphatic heterocycles. The molecule has 0 aliphatic carbocycles. The van der Waals surface area contributed by atoms with Gasteiger partial charge in [-0.05, 0) is 37.6 Å². The van der Waals surface area contributed by atoms with Crippen molar-refractivity contribution in [3.63, 3.8) is 0 Å². The first-order valence-electron chi connectivity index (χ1n) is 10.3. The van der Waals surface area contributed by atoms with Crippen LogP contribution in [0.1, 0.15) is 19.2 Å². The molecular formula is C22H26F2IN7. The lowest BCUT2D eigenvalue weighted by Gasteiger charge is -2.21. The fourth-order valence-electron chi connectivity index (χ4n) is 3.71. The van der Waals surface area contributed by atoms with Crippen molar-refractivity contribution in [3.8, 4) is 5.69 Å². The van der Waals surface area contributed by atoms with Crippen molar-refractivity contribution in [3.05, 3.63) is 72.3 Å². The van der Waals surface area contributed by atoms with E-state index < -0.39 is 11.6 Å². The van der Waals surface area contributed by atoms with E-state index in [0.717, 1.165) is 12.1 Å². The number of nitrogens with zero attached hydrogens (tertiary/aromatic N) is 5. The number of guanidine groups is 1. The Hall–Kier alpha value is -2.76. The summed E-state index contributed by atoms with van der Waals surface area (Å²) in [4.78, 5) is 6.38. The van der Waals surface area contributed by atoms with Gasteiger partial charge in [-0.2, -0.15) is 0 Å². The van der Waals surface area contributed by atoms with Gasteiger partial charge in [0.05, 0.1) is 0 Å². The molecule has 1 aliphatic rings. The summed E-state index contributed by atoms with van der Waals surface area (Å²) in [6.45, 7) is 4.07. The average Bonchev–Trinajstić information content (AvgIpc) is 3.42. The Bertz CT molecular complexity index is 1020. The summed E-state index contributed by atoms with van der Waals surface area (Å²) in [6.07, 6.45) is 2.41. The number of halogens is 3. The second-order valence-electron chi connectivity index (χ2n) is 7.29. The van der Waals surface area contributed by atoms with Crippen molar-refractivity contribution in [1.82, 2.24) is 25.4 Å². The summed E-state index contributed by atoms with van der Waals surface area (Å²) in [5, 5.41) is 14.8. The summed E-state index contributed by atoms with van der Waals surface area (Å²) < 4.78 is 30.1. The van der Waals surface area contributed by atoms with E-state index in [-0.39, 0.29) is 35.7 Å². The van der Waals surface area contributed by atoms with Crippen LogP contribution >= 0.6 is 24.0 Å². The Kier molecular flexibility index (Phi) is 8.37. The van der Waals surface area contributed by atoms with Crippen molar-refractivity contribution >= 4 is 35.6 Å². The zero-order valence-electron chi connectivity index (χ0n) is 17.7. The molecule has 1 fully saturated rings. The Labute approximate surface area is 203 Å². The van der Waals surface area contributed by atoms with Crippen molar-refractivity contribution in [2.45, 2.75) is 25.9 Å². The lowest BCUT2D eigenvalue weighted by molar-refractivity contribution is 0.576. The van der Waals surface area contributed by atoms with E-state index in [1.807, 2.05) is 41.8 Å². The number of aliphatic imine (C=N–C) groups is 1. The van der Waals surface area contributed by atoms with E-state index in [1.54, 1.807) is 11.2 Å². The smallest absolute Gasteiger partial charge is 0.191 e. The lowest BCUT2D eigenvalue weighted by Crippen LogP contribution is -2.44. The fourth-order valence-corrected chi connectivity index (χ4v) is 3.71. The van der Waals surface area contributed by atoms with Crippen LogP contribution in [0.4, 0.5) is 14.5 Å². The van der Waals surface area contributed by atoms with Crippen molar-refractivity contribution in [2.75, 3.05) is 24.5 Å². The van der Waals surface area contributed by atoms with Crippen LogP contribution in [0.3, 0.4) is 0 Å². The van der Waals surface area contributed by atoms with E-state index in [2.05, 4.69) is 25.8 Å². The first-order valence-corrected chi connectivity index (χ1v) is 10.3. The molecule has 1 atom stereocenters. The van der Waals surface area contributed by atoms with E-state index in [1.165, 1.54) is 18.2 Å². The molecule has 0 radical (unpaired) electrons. The number of rotatable bonds is 6. The van der Waals surface area contributed by atoms with Gasteiger partial charge in [0, 0.05) is 31.4 Å². The molecule has 1 aromatic heterocycles. The highest BCUT2D eigenvalue weighted by Crippen LogP contribution is 2.26. The van der Waals surface area contributed by atoms with Crippen LogP contribution in [0, 0.1) is 11.6 Å². The molecule has 2 heterocycles. The molecule has 1 unspecified atom stereocenters. The molecule has 0 spiro atoms. The van der Waals surface area contributed by atoms with Gasteiger partial charge in [0.2, 0.25) is 0 Å². The van der Waals surface area contributed by atoms with Crippen LogP contribution < -0.4 is 15.5 Å². The van der Waals surface area contributed by atoms with Crippen LogP contribution in [-0.2, 0) is 6.54 Å². The number of aromatic nitrogens is 3. The number of anilines is 1. The molecule has 2 aromatic carbocycles. The predicted octanol–water partition coefficient (Wildman–Crippen LogP) is 3.50. The third-order valence-electron chi connectivity index (χ3n) is 5.16. The SMILES string of the molecule is CCNC(=NCc1nncn1-c1ccccc1)NC1CCN(c2c(F)cccc2F)C1.I. The Morgan fingerprint density at radius 2 is 1.88 bits per heavy atom. The van der Waals surface area contributed by atoms with E-state index in [4.69, 9.17) is 0 Å². The van der Waals surface area contributed by atoms with Crippen LogP contribution in [0.2, 0.25) is 0 Å². The number of benzene rings is 2. The Morgan fingerprint density at radius 1 is 1.12 bits per heavy atom. The normalized spacial score (nSPS) is 16.0. The molecule has 0 saturated carbocycles. The summed E-state index contributed by atoms with van der Waals surface area (Å²) >= 11 is 0. The summed E-state index contributed by atoms with van der Waals surface area (Å²) in [6, 6.07) is 13.8. The first kappa shape index (κ1) is 23.9. The Morgan fingerprint density at radius 3 is 2.59 bits per heavy atom. The van der Waals surface area contributed by atoms with Gasteiger partial charge in [-0.3, -0.25) is 4.57 Å². The molecule has 3 aromatic rings. The molecule has 1 saturated heterocycles. The van der Waals surface area contributed by atoms with Crippen LogP contribution in [0.5, 0.6) is 0 Å². The van der Waals surface area contributed by atoms with Gasteiger partial charge in [-0.15, -0.1) is 34.2 Å². The monoisotopic (exact) mass is 553 g/mol. The van der Waals surface area contributed by atoms with Gasteiger partial charge in [-0.25, -0.2) is 13.8 Å². The lowest BCUT2D eigenvalue weighted by atomic mass is 10.2. The molecular weight excluding hydrogens is 527 g/mol. The molecule has 0 amide bonds. The second-order valence-corrected chi connectivity index (χ2v) is 7.29. The predicted molar refractivity (Wildman–Crippen MR) is 132 cm³/mol. The molecule has 4 rings (SSSR count). The van der Waals surface area contributed by atoms with Crippen LogP contribution in [0.25, 0.3) is 5.69 Å². The maximum atomic E-state index is 14.1.